The Morgan fingerprint density at radius 2 is 1.79 bits per heavy atom. The van der Waals surface area contributed by atoms with E-state index in [0.29, 0.717) is 18.8 Å². The average Bonchev–Trinajstić information content (AvgIpc) is 3.18. The van der Waals surface area contributed by atoms with Crippen LogP contribution < -0.4 is 10.7 Å². The van der Waals surface area contributed by atoms with Crippen LogP contribution in [0.1, 0.15) is 12.0 Å². The molecule has 2 amide bonds. The topological polar surface area (TPSA) is 79.0 Å². The second kappa shape index (κ2) is 8.99. The van der Waals surface area contributed by atoms with Crippen molar-refractivity contribution in [2.24, 2.45) is 10.8 Å². The maximum absolute atomic E-state index is 13.1. The number of para-hydroxylation sites is 1. The molecule has 0 aliphatic carbocycles. The number of anilines is 1. The van der Waals surface area contributed by atoms with E-state index in [0.717, 1.165) is 17.7 Å². The Balaban J connectivity index is 1.77. The largest absolute Gasteiger partial charge is 0.368 e. The van der Waals surface area contributed by atoms with E-state index in [1.54, 1.807) is 16.0 Å². The number of hydrazone groups is 1. The highest BCUT2D eigenvalue weighted by atomic mass is 16.2. The molecule has 0 radical (unpaired) electrons. The quantitative estimate of drug-likeness (QED) is 0.719. The summed E-state index contributed by atoms with van der Waals surface area (Å²) in [6.45, 7) is 4.71. The van der Waals surface area contributed by atoms with E-state index in [2.05, 4.69) is 11.7 Å². The smallest absolute Gasteiger partial charge is 0.270 e. The third-order valence-corrected chi connectivity index (χ3v) is 4.66. The molecular formula is C22H24N4O2. The minimum Gasteiger partial charge on any atom is -0.368 e. The molecule has 28 heavy (non-hydrogen) atoms. The molecule has 0 bridgehead atoms. The molecule has 0 fully saturated rings. The number of primary amides is 1. The first-order chi connectivity index (χ1) is 13.6. The lowest BCUT2D eigenvalue weighted by Gasteiger charge is -2.21. The van der Waals surface area contributed by atoms with E-state index in [1.165, 1.54) is 0 Å². The SMILES string of the molecule is C=CCN(CCc1ccccc1)C(=O)C1=NN(c2ccccc2)C(C(N)=O)C1. The summed E-state index contributed by atoms with van der Waals surface area (Å²) in [5.74, 6) is -0.699. The molecule has 1 aliphatic heterocycles. The Morgan fingerprint density at radius 3 is 2.39 bits per heavy atom. The van der Waals surface area contributed by atoms with Crippen molar-refractivity contribution in [2.75, 3.05) is 18.1 Å². The van der Waals surface area contributed by atoms with Crippen LogP contribution in [0.5, 0.6) is 0 Å². The van der Waals surface area contributed by atoms with Crippen LogP contribution in [0.25, 0.3) is 0 Å². The Bertz CT molecular complexity index is 865. The Labute approximate surface area is 164 Å². The second-order valence-electron chi connectivity index (χ2n) is 6.62. The van der Waals surface area contributed by atoms with Gasteiger partial charge in [-0.2, -0.15) is 5.10 Å². The fourth-order valence-corrected chi connectivity index (χ4v) is 3.20. The third-order valence-electron chi connectivity index (χ3n) is 4.66. The van der Waals surface area contributed by atoms with Gasteiger partial charge in [0.25, 0.3) is 5.91 Å². The van der Waals surface area contributed by atoms with Crippen LogP contribution in [0.3, 0.4) is 0 Å². The van der Waals surface area contributed by atoms with Gasteiger partial charge in [0, 0.05) is 19.5 Å². The Hall–Kier alpha value is -3.41. The molecule has 2 aromatic carbocycles. The van der Waals surface area contributed by atoms with Crippen LogP contribution in [-0.4, -0.2) is 41.6 Å². The number of hydrogen-bond acceptors (Lipinski definition) is 4. The zero-order valence-electron chi connectivity index (χ0n) is 15.7. The zero-order chi connectivity index (χ0) is 19.9. The number of carbonyl (C=O) groups excluding carboxylic acids is 2. The van der Waals surface area contributed by atoms with Crippen LogP contribution in [-0.2, 0) is 16.0 Å². The van der Waals surface area contributed by atoms with Crippen molar-refractivity contribution in [2.45, 2.75) is 18.9 Å². The average molecular weight is 376 g/mol. The summed E-state index contributed by atoms with van der Waals surface area (Å²) < 4.78 is 0. The van der Waals surface area contributed by atoms with E-state index in [9.17, 15) is 9.59 Å². The molecule has 0 saturated heterocycles. The maximum Gasteiger partial charge on any atom is 0.270 e. The molecular weight excluding hydrogens is 352 g/mol. The normalized spacial score (nSPS) is 15.8. The van der Waals surface area contributed by atoms with Crippen LogP contribution in [0.2, 0.25) is 0 Å². The first-order valence-electron chi connectivity index (χ1n) is 9.25. The minimum atomic E-state index is -0.666. The van der Waals surface area contributed by atoms with Gasteiger partial charge in [-0.15, -0.1) is 6.58 Å². The summed E-state index contributed by atoms with van der Waals surface area (Å²) in [5, 5.41) is 5.98. The highest BCUT2D eigenvalue weighted by Gasteiger charge is 2.36. The molecule has 1 aliphatic rings. The standard InChI is InChI=1S/C22H24N4O2/c1-2-14-25(15-13-17-9-5-3-6-10-17)22(28)19-16-20(21(23)27)26(24-19)18-11-7-4-8-12-18/h2-12,20H,1,13-16H2,(H2,23,27). The lowest BCUT2D eigenvalue weighted by molar-refractivity contribution is -0.123. The molecule has 2 aromatic rings. The molecule has 144 valence electrons. The highest BCUT2D eigenvalue weighted by Crippen LogP contribution is 2.25. The molecule has 3 rings (SSSR count). The van der Waals surface area contributed by atoms with Gasteiger partial charge in [-0.3, -0.25) is 14.6 Å². The second-order valence-corrected chi connectivity index (χ2v) is 6.62. The molecule has 1 unspecified atom stereocenters. The van der Waals surface area contributed by atoms with Gasteiger partial charge < -0.3 is 10.6 Å². The number of nitrogens with zero attached hydrogens (tertiary/aromatic N) is 3. The van der Waals surface area contributed by atoms with Crippen molar-refractivity contribution in [1.82, 2.24) is 4.90 Å². The van der Waals surface area contributed by atoms with E-state index >= 15 is 0 Å². The van der Waals surface area contributed by atoms with Crippen LogP contribution in [0, 0.1) is 0 Å². The number of hydrogen-bond donors (Lipinski definition) is 1. The predicted octanol–water partition coefficient (Wildman–Crippen LogP) is 2.36. The Morgan fingerprint density at radius 1 is 1.14 bits per heavy atom. The highest BCUT2D eigenvalue weighted by molar-refractivity contribution is 6.40. The van der Waals surface area contributed by atoms with Gasteiger partial charge in [0.2, 0.25) is 5.91 Å². The molecule has 6 heteroatoms. The van der Waals surface area contributed by atoms with Crippen LogP contribution in [0.15, 0.2) is 78.4 Å². The molecule has 1 heterocycles. The van der Waals surface area contributed by atoms with Gasteiger partial charge in [-0.1, -0.05) is 54.6 Å². The van der Waals surface area contributed by atoms with Crippen molar-refractivity contribution >= 4 is 23.2 Å². The summed E-state index contributed by atoms with van der Waals surface area (Å²) in [6, 6.07) is 18.6. The van der Waals surface area contributed by atoms with E-state index in [1.807, 2.05) is 60.7 Å². The van der Waals surface area contributed by atoms with Gasteiger partial charge in [0.05, 0.1) is 5.69 Å². The number of carbonyl (C=O) groups is 2. The monoisotopic (exact) mass is 376 g/mol. The fraction of sp³-hybridized carbons (Fsp3) is 0.227. The first-order valence-corrected chi connectivity index (χ1v) is 9.25. The summed E-state index contributed by atoms with van der Waals surface area (Å²) in [7, 11) is 0. The van der Waals surface area contributed by atoms with Crippen molar-refractivity contribution in [3.8, 4) is 0 Å². The van der Waals surface area contributed by atoms with Gasteiger partial charge in [0.15, 0.2) is 0 Å². The summed E-state index contributed by atoms with van der Waals surface area (Å²) >= 11 is 0. The van der Waals surface area contributed by atoms with Crippen molar-refractivity contribution in [1.29, 1.82) is 0 Å². The van der Waals surface area contributed by atoms with Crippen LogP contribution >= 0.6 is 0 Å². The van der Waals surface area contributed by atoms with Gasteiger partial charge in [0.1, 0.15) is 11.8 Å². The molecule has 6 nitrogen and oxygen atoms in total. The molecule has 0 aromatic heterocycles. The van der Waals surface area contributed by atoms with Crippen LogP contribution in [0.4, 0.5) is 5.69 Å². The van der Waals surface area contributed by atoms with Crippen molar-refractivity contribution < 1.29 is 9.59 Å². The summed E-state index contributed by atoms with van der Waals surface area (Å²) in [4.78, 5) is 26.7. The van der Waals surface area contributed by atoms with Gasteiger partial charge in [-0.25, -0.2) is 0 Å². The molecule has 0 spiro atoms. The van der Waals surface area contributed by atoms with E-state index in [-0.39, 0.29) is 12.3 Å². The van der Waals surface area contributed by atoms with E-state index < -0.39 is 11.9 Å². The number of nitrogens with two attached hydrogens (primary N) is 1. The molecule has 0 saturated carbocycles. The van der Waals surface area contributed by atoms with Gasteiger partial charge in [-0.05, 0) is 24.1 Å². The Kier molecular flexibility index (Phi) is 6.22. The predicted molar refractivity (Wildman–Crippen MR) is 111 cm³/mol. The molecule has 2 N–H and O–H groups in total. The number of amides is 2. The lowest BCUT2D eigenvalue weighted by atomic mass is 10.1. The van der Waals surface area contributed by atoms with E-state index in [4.69, 9.17) is 5.73 Å². The number of rotatable bonds is 8. The van der Waals surface area contributed by atoms with Crippen molar-refractivity contribution in [3.05, 3.63) is 78.9 Å². The first kappa shape index (κ1) is 19.4. The number of benzene rings is 2. The maximum atomic E-state index is 13.1. The third kappa shape index (κ3) is 4.46. The summed E-state index contributed by atoms with van der Waals surface area (Å²) in [6.07, 6.45) is 2.62. The fourth-order valence-electron chi connectivity index (χ4n) is 3.20. The minimum absolute atomic E-state index is 0.194. The molecule has 1 atom stereocenters. The lowest BCUT2D eigenvalue weighted by Crippen LogP contribution is -2.41. The van der Waals surface area contributed by atoms with Crippen molar-refractivity contribution in [3.63, 3.8) is 0 Å². The summed E-state index contributed by atoms with van der Waals surface area (Å²) in [5.41, 5.74) is 7.78. The zero-order valence-corrected chi connectivity index (χ0v) is 15.7. The van der Waals surface area contributed by atoms with Gasteiger partial charge >= 0.3 is 0 Å².